The molecule has 1 heterocycles. The zero-order valence-corrected chi connectivity index (χ0v) is 31.0. The van der Waals surface area contributed by atoms with E-state index in [0.29, 0.717) is 0 Å². The first-order chi connectivity index (χ1) is 26.0. The summed E-state index contributed by atoms with van der Waals surface area (Å²) < 4.78 is 6.71. The Labute approximate surface area is 316 Å². The van der Waals surface area contributed by atoms with E-state index < -0.39 is 0 Å². The van der Waals surface area contributed by atoms with Gasteiger partial charge in [-0.2, -0.15) is 0 Å². The molecule has 0 saturated carbocycles. The van der Waals surface area contributed by atoms with Crippen LogP contribution in [-0.4, -0.2) is 17.9 Å². The molecule has 0 bridgehead atoms. The Morgan fingerprint density at radius 1 is 0.774 bits per heavy atom. The fourth-order valence-corrected chi connectivity index (χ4v) is 8.85. The molecule has 3 aliphatic carbocycles. The first-order valence-electron chi connectivity index (χ1n) is 19.4. The van der Waals surface area contributed by atoms with E-state index in [2.05, 4.69) is 184 Å². The smallest absolute Gasteiger partial charge is 0.125 e. The molecule has 1 aliphatic heterocycles. The second-order valence-corrected chi connectivity index (χ2v) is 14.9. The van der Waals surface area contributed by atoms with Crippen molar-refractivity contribution in [3.05, 3.63) is 215 Å². The molecule has 0 spiro atoms. The highest BCUT2D eigenvalue weighted by molar-refractivity contribution is 6.02. The third-order valence-electron chi connectivity index (χ3n) is 11.5. The number of allylic oxidation sites excluding steroid dienone is 8. The van der Waals surface area contributed by atoms with Crippen molar-refractivity contribution in [2.45, 2.75) is 69.4 Å². The average molecular weight is 692 g/mol. The molecule has 4 aromatic rings. The molecule has 5 unspecified atom stereocenters. The SMILES string of the molecule is C=C(C)C(CC(=NC(C)C1=CCCC=C1)c1cccc(-c2ccccc2)c1)c1ccc(C2(c3ccccc3)C3=CCCC=C3OC3C=CC=CC32)cc1. The van der Waals surface area contributed by atoms with Gasteiger partial charge in [-0.05, 0) is 96.7 Å². The summed E-state index contributed by atoms with van der Waals surface area (Å²) in [6.07, 6.45) is 25.5. The van der Waals surface area contributed by atoms with Gasteiger partial charge in [0.2, 0.25) is 0 Å². The summed E-state index contributed by atoms with van der Waals surface area (Å²) in [5, 5.41) is 0. The first kappa shape index (κ1) is 34.6. The van der Waals surface area contributed by atoms with Gasteiger partial charge in [0.25, 0.3) is 0 Å². The Bertz CT molecular complexity index is 2180. The van der Waals surface area contributed by atoms with Crippen molar-refractivity contribution in [3.63, 3.8) is 0 Å². The monoisotopic (exact) mass is 691 g/mol. The molecule has 1 fully saturated rings. The zero-order valence-electron chi connectivity index (χ0n) is 31.0. The number of nitrogens with zero attached hydrogens (tertiary/aromatic N) is 1. The van der Waals surface area contributed by atoms with Crippen LogP contribution in [0.4, 0.5) is 0 Å². The maximum Gasteiger partial charge on any atom is 0.125 e. The van der Waals surface area contributed by atoms with E-state index in [0.717, 1.165) is 49.1 Å². The molecule has 53 heavy (non-hydrogen) atoms. The molecular weight excluding hydrogens is 643 g/mol. The van der Waals surface area contributed by atoms with Crippen LogP contribution in [0.5, 0.6) is 0 Å². The number of hydrogen-bond acceptors (Lipinski definition) is 2. The van der Waals surface area contributed by atoms with Gasteiger partial charge in [-0.25, -0.2) is 0 Å². The zero-order chi connectivity index (χ0) is 36.2. The maximum atomic E-state index is 6.71. The van der Waals surface area contributed by atoms with Crippen LogP contribution in [0.2, 0.25) is 0 Å². The number of benzene rings is 4. The minimum atomic E-state index is -0.379. The number of aliphatic imine (C=N–C) groups is 1. The molecule has 0 radical (unpaired) electrons. The molecule has 0 amide bonds. The highest BCUT2D eigenvalue weighted by Gasteiger charge is 2.53. The van der Waals surface area contributed by atoms with Gasteiger partial charge in [0, 0.05) is 29.5 Å². The van der Waals surface area contributed by atoms with E-state index >= 15 is 0 Å². The maximum absolute atomic E-state index is 6.71. The predicted molar refractivity (Wildman–Crippen MR) is 222 cm³/mol. The molecular formula is C51H49NO. The van der Waals surface area contributed by atoms with Crippen LogP contribution in [0.1, 0.15) is 74.1 Å². The van der Waals surface area contributed by atoms with Crippen molar-refractivity contribution in [3.8, 4) is 11.1 Å². The minimum absolute atomic E-state index is 0.0360. The first-order valence-corrected chi connectivity index (χ1v) is 19.4. The van der Waals surface area contributed by atoms with Gasteiger partial charge in [-0.1, -0.05) is 158 Å². The van der Waals surface area contributed by atoms with Crippen molar-refractivity contribution in [2.24, 2.45) is 10.9 Å². The van der Waals surface area contributed by atoms with Crippen molar-refractivity contribution < 1.29 is 4.74 Å². The Balaban J connectivity index is 1.20. The summed E-state index contributed by atoms with van der Waals surface area (Å²) >= 11 is 0. The molecule has 8 rings (SSSR count). The van der Waals surface area contributed by atoms with Gasteiger partial charge in [0.1, 0.15) is 11.9 Å². The van der Waals surface area contributed by atoms with E-state index in [9.17, 15) is 0 Å². The summed E-state index contributed by atoms with van der Waals surface area (Å²) in [6.45, 7) is 8.97. The third kappa shape index (κ3) is 6.79. The lowest BCUT2D eigenvalue weighted by Crippen LogP contribution is -2.49. The van der Waals surface area contributed by atoms with Crippen LogP contribution in [0.3, 0.4) is 0 Å². The van der Waals surface area contributed by atoms with Crippen molar-refractivity contribution in [2.75, 3.05) is 0 Å². The van der Waals surface area contributed by atoms with Crippen LogP contribution in [0, 0.1) is 5.92 Å². The lowest BCUT2D eigenvalue weighted by Gasteiger charge is -2.51. The van der Waals surface area contributed by atoms with E-state index in [1.807, 2.05) is 0 Å². The van der Waals surface area contributed by atoms with E-state index in [4.69, 9.17) is 9.73 Å². The van der Waals surface area contributed by atoms with Crippen LogP contribution in [-0.2, 0) is 10.2 Å². The van der Waals surface area contributed by atoms with Gasteiger partial charge in [-0.3, -0.25) is 4.99 Å². The summed E-state index contributed by atoms with van der Waals surface area (Å²) in [5.74, 6) is 1.25. The van der Waals surface area contributed by atoms with Gasteiger partial charge in [0.15, 0.2) is 0 Å². The normalized spacial score (nSPS) is 23.1. The van der Waals surface area contributed by atoms with Crippen LogP contribution < -0.4 is 0 Å². The molecule has 0 aromatic heterocycles. The van der Waals surface area contributed by atoms with E-state index in [1.54, 1.807) is 0 Å². The molecule has 4 aliphatic rings. The van der Waals surface area contributed by atoms with Crippen molar-refractivity contribution in [1.82, 2.24) is 0 Å². The van der Waals surface area contributed by atoms with Crippen molar-refractivity contribution in [1.29, 1.82) is 0 Å². The summed E-state index contributed by atoms with van der Waals surface area (Å²) in [4.78, 5) is 5.50. The number of fused-ring (bicyclic) bond motifs is 2. The molecule has 1 saturated heterocycles. The summed E-state index contributed by atoms with van der Waals surface area (Å²) in [7, 11) is 0. The topological polar surface area (TPSA) is 21.6 Å². The van der Waals surface area contributed by atoms with Crippen LogP contribution >= 0.6 is 0 Å². The van der Waals surface area contributed by atoms with Gasteiger partial charge in [0.05, 0.1) is 11.5 Å². The van der Waals surface area contributed by atoms with Gasteiger partial charge >= 0.3 is 0 Å². The van der Waals surface area contributed by atoms with Gasteiger partial charge < -0.3 is 4.74 Å². The fourth-order valence-electron chi connectivity index (χ4n) is 8.85. The fraction of sp³-hybridized carbons (Fsp3) is 0.235. The lowest BCUT2D eigenvalue weighted by molar-refractivity contribution is 0.0669. The molecule has 4 aromatic carbocycles. The number of ether oxygens (including phenoxy) is 1. The standard InChI is InChI=1S/C51H49NO/c1-36(2)45(35-48(52-37(3)38-18-7-4-8-19-38)42-23-17-22-41(34-42)39-20-9-5-10-21-39)40-30-32-44(33-31-40)51(43-24-11-6-12-25-43)46-26-13-15-28-49(46)53-50-29-16-14-27-47(50)51/h5-7,9-13,15,17-34,37,45-46,49H,1,4,8,14,16,35H2,2-3H3. The second kappa shape index (κ2) is 15.2. The Hall–Kier alpha value is -5.47. The summed E-state index contributed by atoms with van der Waals surface area (Å²) in [5.41, 5.74) is 11.9. The van der Waals surface area contributed by atoms with Crippen LogP contribution in [0.25, 0.3) is 11.1 Å². The highest BCUT2D eigenvalue weighted by atomic mass is 16.5. The quantitative estimate of drug-likeness (QED) is 0.120. The Morgan fingerprint density at radius 2 is 1.47 bits per heavy atom. The Morgan fingerprint density at radius 3 is 2.23 bits per heavy atom. The molecule has 264 valence electrons. The largest absolute Gasteiger partial charge is 0.486 e. The average Bonchev–Trinajstić information content (AvgIpc) is 3.22. The van der Waals surface area contributed by atoms with Crippen LogP contribution in [0.15, 0.2) is 198 Å². The molecule has 2 heteroatoms. The van der Waals surface area contributed by atoms with E-state index in [-0.39, 0.29) is 29.4 Å². The minimum Gasteiger partial charge on any atom is -0.486 e. The van der Waals surface area contributed by atoms with Gasteiger partial charge in [-0.15, -0.1) is 0 Å². The number of rotatable bonds is 10. The highest BCUT2D eigenvalue weighted by Crippen LogP contribution is 2.56. The third-order valence-corrected chi connectivity index (χ3v) is 11.5. The Kier molecular flexibility index (Phi) is 9.96. The lowest BCUT2D eigenvalue weighted by atomic mass is 9.56. The van der Waals surface area contributed by atoms with Crippen molar-refractivity contribution >= 4 is 5.71 Å². The second-order valence-electron chi connectivity index (χ2n) is 14.9. The molecule has 2 nitrogen and oxygen atoms in total. The number of hydrogen-bond donors (Lipinski definition) is 0. The summed E-state index contributed by atoms with van der Waals surface area (Å²) in [6, 6.07) is 40.2. The molecule has 0 N–H and O–H groups in total. The molecule has 5 atom stereocenters. The predicted octanol–water partition coefficient (Wildman–Crippen LogP) is 12.6. The van der Waals surface area contributed by atoms with E-state index in [1.165, 1.54) is 44.5 Å².